The first kappa shape index (κ1) is 22.4. The number of nitrogens with zero attached hydrogens (tertiary/aromatic N) is 1. The minimum Gasteiger partial charge on any atom is -0.374 e. The summed E-state index contributed by atoms with van der Waals surface area (Å²) >= 11 is 0. The maximum atomic E-state index is 12.7. The number of hydrogen-bond acceptors (Lipinski definition) is 6. The molecule has 4 atom stereocenters. The van der Waals surface area contributed by atoms with Gasteiger partial charge in [0.1, 0.15) is 17.8 Å². The number of aryl methyl sites for hydroxylation is 1. The van der Waals surface area contributed by atoms with Crippen molar-refractivity contribution in [3.8, 4) is 0 Å². The van der Waals surface area contributed by atoms with Gasteiger partial charge in [-0.1, -0.05) is 60.7 Å². The standard InChI is InChI=1S/C27H28N2O6/c1-18-14-29(25(31)28-23(18)30)24-21-22(33-16-20-10-6-3-7-11-20)27(35-24,26(34-21)12-13-26)17-32-15-19-8-4-2-5-9-19/h2-11,14,21-22,24H,12-13,15-17H2,1H3,(H,28,30,31)/t21?,22?,24-,27-/m1/s1. The normalized spacial score (nSPS) is 28.0. The number of ether oxygens (including phenoxy) is 4. The molecule has 6 rings (SSSR count). The zero-order valence-electron chi connectivity index (χ0n) is 19.5. The fraction of sp³-hybridized carbons (Fsp3) is 0.407. The van der Waals surface area contributed by atoms with Crippen LogP contribution in [0.25, 0.3) is 0 Å². The summed E-state index contributed by atoms with van der Waals surface area (Å²) in [7, 11) is 0. The predicted molar refractivity (Wildman–Crippen MR) is 127 cm³/mol. The van der Waals surface area contributed by atoms with E-state index in [9.17, 15) is 9.59 Å². The van der Waals surface area contributed by atoms with E-state index in [1.165, 1.54) is 10.8 Å². The summed E-state index contributed by atoms with van der Waals surface area (Å²) in [5, 5.41) is 0. The van der Waals surface area contributed by atoms with E-state index < -0.39 is 40.9 Å². The maximum Gasteiger partial charge on any atom is 0.330 e. The Kier molecular flexibility index (Phi) is 5.49. The Labute approximate surface area is 202 Å². The lowest BCUT2D eigenvalue weighted by Gasteiger charge is -2.38. The highest BCUT2D eigenvalue weighted by molar-refractivity contribution is 5.27. The lowest BCUT2D eigenvalue weighted by atomic mass is 9.91. The zero-order valence-corrected chi connectivity index (χ0v) is 19.5. The van der Waals surface area contributed by atoms with Crippen LogP contribution in [-0.2, 0) is 32.2 Å². The quantitative estimate of drug-likeness (QED) is 0.538. The summed E-state index contributed by atoms with van der Waals surface area (Å²) in [5.74, 6) is 0. The van der Waals surface area contributed by atoms with Crippen LogP contribution in [0.4, 0.5) is 0 Å². The molecule has 1 spiro atoms. The number of aromatic nitrogens is 2. The van der Waals surface area contributed by atoms with Crippen molar-refractivity contribution < 1.29 is 18.9 Å². The van der Waals surface area contributed by atoms with Gasteiger partial charge in [0.05, 0.1) is 19.8 Å². The van der Waals surface area contributed by atoms with E-state index in [4.69, 9.17) is 18.9 Å². The molecule has 3 fully saturated rings. The van der Waals surface area contributed by atoms with Crippen LogP contribution < -0.4 is 11.2 Å². The van der Waals surface area contributed by atoms with Crippen LogP contribution in [-0.4, -0.2) is 39.6 Å². The summed E-state index contributed by atoms with van der Waals surface area (Å²) in [4.78, 5) is 27.1. The largest absolute Gasteiger partial charge is 0.374 e. The smallest absolute Gasteiger partial charge is 0.330 e. The fourth-order valence-corrected chi connectivity index (χ4v) is 5.39. The van der Waals surface area contributed by atoms with Crippen LogP contribution in [0.15, 0.2) is 76.4 Å². The van der Waals surface area contributed by atoms with E-state index in [0.29, 0.717) is 18.8 Å². The summed E-state index contributed by atoms with van der Waals surface area (Å²) in [5.41, 5.74) is 0.224. The number of rotatable bonds is 8. The first-order chi connectivity index (χ1) is 17.0. The molecule has 0 amide bonds. The fourth-order valence-electron chi connectivity index (χ4n) is 5.39. The Hall–Kier alpha value is -3.04. The van der Waals surface area contributed by atoms with Crippen LogP contribution in [0.2, 0.25) is 0 Å². The van der Waals surface area contributed by atoms with E-state index in [2.05, 4.69) is 4.98 Å². The van der Waals surface area contributed by atoms with Crippen molar-refractivity contribution in [2.75, 3.05) is 6.61 Å². The van der Waals surface area contributed by atoms with Gasteiger partial charge in [-0.15, -0.1) is 0 Å². The first-order valence-electron chi connectivity index (χ1n) is 12.0. The highest BCUT2D eigenvalue weighted by Crippen LogP contribution is 2.65. The molecule has 2 saturated heterocycles. The topological polar surface area (TPSA) is 91.8 Å². The molecule has 2 aromatic carbocycles. The number of hydrogen-bond donors (Lipinski definition) is 1. The van der Waals surface area contributed by atoms with E-state index in [0.717, 1.165) is 24.0 Å². The molecule has 3 heterocycles. The molecule has 8 heteroatoms. The lowest BCUT2D eigenvalue weighted by Crippen LogP contribution is -2.54. The number of nitrogens with one attached hydrogen (secondary N) is 1. The van der Waals surface area contributed by atoms with Gasteiger partial charge in [-0.2, -0.15) is 0 Å². The van der Waals surface area contributed by atoms with Gasteiger partial charge in [0, 0.05) is 11.8 Å². The molecule has 1 aromatic heterocycles. The molecule has 3 aliphatic rings. The molecule has 8 nitrogen and oxygen atoms in total. The number of benzene rings is 2. The molecule has 1 aliphatic carbocycles. The van der Waals surface area contributed by atoms with Crippen molar-refractivity contribution in [1.82, 2.24) is 9.55 Å². The number of H-pyrrole nitrogens is 1. The number of fused-ring (bicyclic) bond motifs is 3. The minimum absolute atomic E-state index is 0.269. The van der Waals surface area contributed by atoms with Gasteiger partial charge in [0.25, 0.3) is 5.56 Å². The van der Waals surface area contributed by atoms with Gasteiger partial charge in [-0.05, 0) is 30.9 Å². The van der Waals surface area contributed by atoms with Gasteiger partial charge < -0.3 is 18.9 Å². The van der Waals surface area contributed by atoms with Gasteiger partial charge in [-0.3, -0.25) is 14.3 Å². The molecular weight excluding hydrogens is 448 g/mol. The van der Waals surface area contributed by atoms with Crippen molar-refractivity contribution in [1.29, 1.82) is 0 Å². The van der Waals surface area contributed by atoms with Gasteiger partial charge in [-0.25, -0.2) is 4.79 Å². The molecule has 182 valence electrons. The van der Waals surface area contributed by atoms with Gasteiger partial charge in [0.2, 0.25) is 0 Å². The zero-order chi connectivity index (χ0) is 24.0. The molecular formula is C27H28N2O6. The minimum atomic E-state index is -0.866. The third kappa shape index (κ3) is 3.77. The summed E-state index contributed by atoms with van der Waals surface area (Å²) in [6, 6.07) is 19.9. The maximum absolute atomic E-state index is 12.7. The lowest BCUT2D eigenvalue weighted by molar-refractivity contribution is -0.242. The van der Waals surface area contributed by atoms with Gasteiger partial charge >= 0.3 is 5.69 Å². The molecule has 1 saturated carbocycles. The molecule has 2 bridgehead atoms. The molecule has 2 aliphatic heterocycles. The second-order valence-electron chi connectivity index (χ2n) is 9.65. The third-order valence-electron chi connectivity index (χ3n) is 7.33. The van der Waals surface area contributed by atoms with Crippen molar-refractivity contribution in [2.45, 2.75) is 62.6 Å². The second kappa shape index (κ2) is 8.57. The Morgan fingerprint density at radius 2 is 1.63 bits per heavy atom. The Bertz CT molecular complexity index is 1320. The van der Waals surface area contributed by atoms with Crippen molar-refractivity contribution >= 4 is 0 Å². The molecule has 0 radical (unpaired) electrons. The van der Waals surface area contributed by atoms with Crippen molar-refractivity contribution in [3.63, 3.8) is 0 Å². The van der Waals surface area contributed by atoms with Crippen LogP contribution in [0.3, 0.4) is 0 Å². The Morgan fingerprint density at radius 1 is 0.971 bits per heavy atom. The van der Waals surface area contributed by atoms with E-state index in [-0.39, 0.29) is 6.61 Å². The van der Waals surface area contributed by atoms with Crippen LogP contribution >= 0.6 is 0 Å². The second-order valence-corrected chi connectivity index (χ2v) is 9.65. The monoisotopic (exact) mass is 476 g/mol. The predicted octanol–water partition coefficient (Wildman–Crippen LogP) is 2.85. The SMILES string of the molecule is Cc1cn([C@@H]2O[C@]3(COCc4ccccc4)C(OCc4ccccc4)C2OC32CC2)c(=O)[nH]c1=O. The van der Waals surface area contributed by atoms with E-state index in [1.54, 1.807) is 6.92 Å². The third-order valence-corrected chi connectivity index (χ3v) is 7.33. The van der Waals surface area contributed by atoms with Crippen LogP contribution in [0.5, 0.6) is 0 Å². The highest BCUT2D eigenvalue weighted by Gasteiger charge is 2.79. The molecule has 35 heavy (non-hydrogen) atoms. The first-order valence-corrected chi connectivity index (χ1v) is 12.0. The molecule has 1 N–H and O–H groups in total. The average Bonchev–Trinajstić information content (AvgIpc) is 3.52. The van der Waals surface area contributed by atoms with E-state index in [1.807, 2.05) is 60.7 Å². The van der Waals surface area contributed by atoms with Crippen molar-refractivity contribution in [2.24, 2.45) is 0 Å². The number of aromatic amines is 1. The van der Waals surface area contributed by atoms with Gasteiger partial charge in [0.15, 0.2) is 11.8 Å². The van der Waals surface area contributed by atoms with Crippen LogP contribution in [0, 0.1) is 6.92 Å². The Balaban J connectivity index is 1.32. The molecule has 3 aromatic rings. The summed E-state index contributed by atoms with van der Waals surface area (Å²) in [6.07, 6.45) is 1.54. The van der Waals surface area contributed by atoms with Crippen LogP contribution in [0.1, 0.15) is 35.8 Å². The van der Waals surface area contributed by atoms with Crippen molar-refractivity contribution in [3.05, 3.63) is 104 Å². The van der Waals surface area contributed by atoms with E-state index >= 15 is 0 Å². The molecule has 2 unspecified atom stereocenters. The Morgan fingerprint density at radius 3 is 2.29 bits per heavy atom. The highest BCUT2D eigenvalue weighted by atomic mass is 16.7. The summed E-state index contributed by atoms with van der Waals surface area (Å²) < 4.78 is 27.4. The average molecular weight is 477 g/mol. The summed E-state index contributed by atoms with van der Waals surface area (Å²) in [6.45, 7) is 2.75.